The van der Waals surface area contributed by atoms with Gasteiger partial charge in [0.1, 0.15) is 0 Å². The first-order valence-electron chi connectivity index (χ1n) is 16.8. The Morgan fingerprint density at radius 2 is 1.02 bits per heavy atom. The molecule has 5 aliphatic rings. The lowest BCUT2D eigenvalue weighted by molar-refractivity contribution is -0.0400. The smallest absolute Gasteiger partial charge is 0.164 e. The maximum absolute atomic E-state index is 5.06. The second-order valence-corrected chi connectivity index (χ2v) is 14.0. The molecule has 2 heterocycles. The largest absolute Gasteiger partial charge is 0.256 e. The van der Waals surface area contributed by atoms with E-state index in [0.717, 1.165) is 45.9 Å². The highest BCUT2D eigenvalue weighted by Crippen LogP contribution is 2.69. The fraction of sp³-hybridized carbons (Fsp3) is 0.238. The van der Waals surface area contributed by atoms with Gasteiger partial charge in [0, 0.05) is 33.9 Å². The van der Waals surface area contributed by atoms with Crippen LogP contribution in [0.5, 0.6) is 0 Å². The zero-order valence-corrected chi connectivity index (χ0v) is 25.7. The van der Waals surface area contributed by atoms with E-state index >= 15 is 0 Å². The van der Waals surface area contributed by atoms with E-state index in [9.17, 15) is 0 Å². The van der Waals surface area contributed by atoms with Crippen molar-refractivity contribution in [1.82, 2.24) is 19.9 Å². The molecule has 4 fully saturated rings. The lowest BCUT2D eigenvalue weighted by Gasteiger charge is -2.61. The maximum atomic E-state index is 5.06. The monoisotopic (exact) mass is 594 g/mol. The Morgan fingerprint density at radius 1 is 0.457 bits per heavy atom. The minimum Gasteiger partial charge on any atom is -0.256 e. The molecule has 0 unspecified atom stereocenters. The average Bonchev–Trinajstić information content (AvgIpc) is 3.41. The molecule has 4 heteroatoms. The molecule has 0 N–H and O–H groups in total. The SMILES string of the molecule is c1ccc(-c2nc(-c3ccccc3)nc(-c3cccc(-c4ccc5c(c4)-c4ncccc4C54C5CC6CC(C5)CC4C6)c3)n2)cc1. The summed E-state index contributed by atoms with van der Waals surface area (Å²) in [6, 6.07) is 40.8. The number of hydrogen-bond acceptors (Lipinski definition) is 4. The molecular formula is C42H34N4. The molecule has 0 radical (unpaired) electrons. The Hall–Kier alpha value is -4.96. The lowest BCUT2D eigenvalue weighted by atomic mass is 9.43. The zero-order valence-electron chi connectivity index (χ0n) is 25.7. The summed E-state index contributed by atoms with van der Waals surface area (Å²) in [5, 5.41) is 0. The predicted molar refractivity (Wildman–Crippen MR) is 183 cm³/mol. The molecule has 46 heavy (non-hydrogen) atoms. The van der Waals surface area contributed by atoms with Gasteiger partial charge in [0.25, 0.3) is 0 Å². The molecule has 11 rings (SSSR count). The zero-order chi connectivity index (χ0) is 30.2. The van der Waals surface area contributed by atoms with Gasteiger partial charge in [-0.1, -0.05) is 97.1 Å². The molecule has 1 spiro atoms. The van der Waals surface area contributed by atoms with Gasteiger partial charge in [0.15, 0.2) is 17.5 Å². The van der Waals surface area contributed by atoms with Crippen LogP contribution in [0.3, 0.4) is 0 Å². The summed E-state index contributed by atoms with van der Waals surface area (Å²) in [4.78, 5) is 19.9. The Labute approximate surface area is 269 Å². The van der Waals surface area contributed by atoms with Gasteiger partial charge in [-0.3, -0.25) is 4.98 Å². The molecule has 4 saturated carbocycles. The first kappa shape index (κ1) is 26.3. The molecule has 0 amide bonds. The van der Waals surface area contributed by atoms with Crippen molar-refractivity contribution in [3.05, 3.63) is 133 Å². The van der Waals surface area contributed by atoms with Crippen LogP contribution in [0, 0.1) is 23.7 Å². The van der Waals surface area contributed by atoms with E-state index in [4.69, 9.17) is 19.9 Å². The van der Waals surface area contributed by atoms with Crippen molar-refractivity contribution >= 4 is 0 Å². The van der Waals surface area contributed by atoms with Crippen LogP contribution in [0.25, 0.3) is 56.5 Å². The van der Waals surface area contributed by atoms with Crippen LogP contribution >= 0.6 is 0 Å². The van der Waals surface area contributed by atoms with Crippen LogP contribution in [-0.4, -0.2) is 19.9 Å². The van der Waals surface area contributed by atoms with Crippen LogP contribution in [0.4, 0.5) is 0 Å². The second-order valence-electron chi connectivity index (χ2n) is 14.0. The molecule has 4 aromatic carbocycles. The standard InChI is InChI=1S/C42H34N4/c1-3-9-28(10-4-1)39-44-40(29-11-5-2-6-12-29)46-41(45-39)32-14-7-13-30(24-32)31-16-17-36-35(25-31)38-37(15-8-18-43-38)42(36)33-20-26-19-27(22-33)23-34(42)21-26/h1-18,24-27,33-34H,19-23H2. The third-order valence-corrected chi connectivity index (χ3v) is 11.6. The lowest BCUT2D eigenvalue weighted by Crippen LogP contribution is -2.55. The maximum Gasteiger partial charge on any atom is 0.164 e. The summed E-state index contributed by atoms with van der Waals surface area (Å²) >= 11 is 0. The van der Waals surface area contributed by atoms with E-state index in [-0.39, 0.29) is 5.41 Å². The highest BCUT2D eigenvalue weighted by molar-refractivity contribution is 5.84. The third-order valence-electron chi connectivity index (χ3n) is 11.6. The van der Waals surface area contributed by atoms with Gasteiger partial charge in [-0.15, -0.1) is 0 Å². The van der Waals surface area contributed by atoms with Gasteiger partial charge in [-0.2, -0.15) is 0 Å². The molecule has 0 aliphatic heterocycles. The van der Waals surface area contributed by atoms with E-state index in [1.165, 1.54) is 60.1 Å². The topological polar surface area (TPSA) is 51.6 Å². The molecule has 5 aliphatic carbocycles. The summed E-state index contributed by atoms with van der Waals surface area (Å²) in [7, 11) is 0. The fourth-order valence-corrected chi connectivity index (χ4v) is 9.96. The van der Waals surface area contributed by atoms with E-state index in [2.05, 4.69) is 78.9 Å². The number of fused-ring (bicyclic) bond motifs is 3. The summed E-state index contributed by atoms with van der Waals surface area (Å²) in [6.07, 6.45) is 8.98. The van der Waals surface area contributed by atoms with Crippen LogP contribution in [0.15, 0.2) is 121 Å². The van der Waals surface area contributed by atoms with E-state index < -0.39 is 0 Å². The highest BCUT2D eigenvalue weighted by atomic mass is 15.0. The third kappa shape index (κ3) is 3.86. The van der Waals surface area contributed by atoms with Crippen molar-refractivity contribution in [2.45, 2.75) is 37.5 Å². The van der Waals surface area contributed by atoms with Crippen molar-refractivity contribution in [3.63, 3.8) is 0 Å². The molecule has 0 saturated heterocycles. The number of pyridine rings is 1. The van der Waals surface area contributed by atoms with Gasteiger partial charge >= 0.3 is 0 Å². The summed E-state index contributed by atoms with van der Waals surface area (Å²) < 4.78 is 0. The van der Waals surface area contributed by atoms with Crippen molar-refractivity contribution in [1.29, 1.82) is 0 Å². The Balaban J connectivity index is 1.09. The molecule has 4 bridgehead atoms. The first-order valence-corrected chi connectivity index (χ1v) is 16.8. The fourth-order valence-electron chi connectivity index (χ4n) is 9.96. The minimum absolute atomic E-state index is 0.138. The van der Waals surface area contributed by atoms with Gasteiger partial charge < -0.3 is 0 Å². The van der Waals surface area contributed by atoms with Crippen molar-refractivity contribution < 1.29 is 0 Å². The van der Waals surface area contributed by atoms with Gasteiger partial charge in [-0.05, 0) is 96.2 Å². The summed E-state index contributed by atoms with van der Waals surface area (Å²) in [6.45, 7) is 0. The van der Waals surface area contributed by atoms with Crippen molar-refractivity contribution in [2.24, 2.45) is 23.7 Å². The molecular weight excluding hydrogens is 560 g/mol. The van der Waals surface area contributed by atoms with Crippen LogP contribution in [0.2, 0.25) is 0 Å². The molecule has 2 aromatic heterocycles. The van der Waals surface area contributed by atoms with Crippen LogP contribution in [0.1, 0.15) is 43.2 Å². The van der Waals surface area contributed by atoms with Gasteiger partial charge in [0.05, 0.1) is 5.69 Å². The molecule has 6 aromatic rings. The van der Waals surface area contributed by atoms with Crippen LogP contribution < -0.4 is 0 Å². The van der Waals surface area contributed by atoms with Gasteiger partial charge in [0.2, 0.25) is 0 Å². The summed E-state index contributed by atoms with van der Waals surface area (Å²) in [5.74, 6) is 5.37. The number of benzene rings is 4. The van der Waals surface area contributed by atoms with Crippen molar-refractivity contribution in [2.75, 3.05) is 0 Å². The van der Waals surface area contributed by atoms with E-state index in [0.29, 0.717) is 17.5 Å². The Morgan fingerprint density at radius 3 is 1.67 bits per heavy atom. The summed E-state index contributed by atoms with van der Waals surface area (Å²) in [5.41, 5.74) is 11.0. The Kier molecular flexibility index (Phi) is 5.72. The predicted octanol–water partition coefficient (Wildman–Crippen LogP) is 9.66. The minimum atomic E-state index is 0.138. The van der Waals surface area contributed by atoms with E-state index in [1.807, 2.05) is 42.6 Å². The Bertz CT molecular complexity index is 2030. The first-order chi connectivity index (χ1) is 22.7. The van der Waals surface area contributed by atoms with Gasteiger partial charge in [-0.25, -0.2) is 15.0 Å². The highest BCUT2D eigenvalue weighted by Gasteiger charge is 2.61. The quantitative estimate of drug-likeness (QED) is 0.204. The number of aromatic nitrogens is 4. The van der Waals surface area contributed by atoms with E-state index in [1.54, 1.807) is 0 Å². The van der Waals surface area contributed by atoms with Crippen molar-refractivity contribution in [3.8, 4) is 56.5 Å². The number of hydrogen-bond donors (Lipinski definition) is 0. The average molecular weight is 595 g/mol. The van der Waals surface area contributed by atoms with Crippen LogP contribution in [-0.2, 0) is 5.41 Å². The number of rotatable bonds is 4. The molecule has 0 atom stereocenters. The molecule has 222 valence electrons. The number of nitrogens with zero attached hydrogens (tertiary/aromatic N) is 4. The normalized spacial score (nSPS) is 25.0. The second kappa shape index (κ2) is 10.0. The molecule has 4 nitrogen and oxygen atoms in total.